The Balaban J connectivity index is 2.91. The molecule has 1 aromatic heterocycles. The van der Waals surface area contributed by atoms with Crippen LogP contribution >= 0.6 is 0 Å². The number of allylic oxidation sites excluding steroid dienone is 2. The van der Waals surface area contributed by atoms with Gasteiger partial charge in [-0.2, -0.15) is 5.26 Å². The van der Waals surface area contributed by atoms with E-state index in [1.807, 2.05) is 25.1 Å². The highest BCUT2D eigenvalue weighted by Gasteiger charge is 1.99. The minimum atomic E-state index is 0.786. The average molecular weight is 147 g/mol. The number of hydrogen-bond acceptors (Lipinski definition) is 2. The lowest BCUT2D eigenvalue weighted by Crippen LogP contribution is -1.76. The largest absolute Gasteiger partial charge is 0.465 e. The van der Waals surface area contributed by atoms with Crippen LogP contribution in [0.15, 0.2) is 28.9 Å². The summed E-state index contributed by atoms with van der Waals surface area (Å²) in [6, 6.07) is 5.65. The highest BCUT2D eigenvalue weighted by Crippen LogP contribution is 2.17. The summed E-state index contributed by atoms with van der Waals surface area (Å²) >= 11 is 0. The molecule has 2 nitrogen and oxygen atoms in total. The van der Waals surface area contributed by atoms with Crippen molar-refractivity contribution in [3.63, 3.8) is 0 Å². The molecule has 1 heterocycles. The van der Waals surface area contributed by atoms with Crippen LogP contribution in [0, 0.1) is 11.3 Å². The van der Waals surface area contributed by atoms with Crippen molar-refractivity contribution >= 4 is 5.57 Å². The maximum Gasteiger partial charge on any atom is 0.130 e. The predicted octanol–water partition coefficient (Wildman–Crippen LogP) is 2.60. The number of rotatable bonds is 2. The summed E-state index contributed by atoms with van der Waals surface area (Å²) < 4.78 is 5.12. The van der Waals surface area contributed by atoms with Crippen LogP contribution in [-0.2, 0) is 0 Å². The maximum atomic E-state index is 8.40. The number of nitrogens with zero attached hydrogens (tertiary/aromatic N) is 1. The zero-order valence-electron chi connectivity index (χ0n) is 6.37. The molecule has 11 heavy (non-hydrogen) atoms. The van der Waals surface area contributed by atoms with Crippen molar-refractivity contribution < 1.29 is 4.42 Å². The first-order chi connectivity index (χ1) is 5.38. The van der Waals surface area contributed by atoms with Gasteiger partial charge >= 0.3 is 0 Å². The van der Waals surface area contributed by atoms with Gasteiger partial charge in [-0.15, -0.1) is 0 Å². The normalized spacial score (nSPS) is 11.1. The molecule has 0 fully saturated rings. The van der Waals surface area contributed by atoms with Crippen LogP contribution < -0.4 is 0 Å². The van der Waals surface area contributed by atoms with Gasteiger partial charge in [0.15, 0.2) is 0 Å². The van der Waals surface area contributed by atoms with Crippen LogP contribution in [0.1, 0.15) is 19.1 Å². The Bertz CT molecular complexity index is 277. The lowest BCUT2D eigenvalue weighted by Gasteiger charge is -1.94. The molecular weight excluding hydrogens is 138 g/mol. The van der Waals surface area contributed by atoms with E-state index in [0.29, 0.717) is 0 Å². The summed E-state index contributed by atoms with van der Waals surface area (Å²) in [5.74, 6) is 0.786. The average Bonchev–Trinajstić information content (AvgIpc) is 2.52. The fourth-order valence-corrected chi connectivity index (χ4v) is 0.887. The Morgan fingerprint density at radius 2 is 2.64 bits per heavy atom. The lowest BCUT2D eigenvalue weighted by molar-refractivity contribution is 0.551. The zero-order chi connectivity index (χ0) is 8.10. The van der Waals surface area contributed by atoms with Crippen LogP contribution in [0.5, 0.6) is 0 Å². The van der Waals surface area contributed by atoms with Gasteiger partial charge in [-0.1, -0.05) is 6.92 Å². The molecule has 2 heteroatoms. The molecule has 0 aliphatic carbocycles. The SMILES string of the molecule is CCC(=CC#N)c1ccco1. The number of hydrogen-bond donors (Lipinski definition) is 0. The second-order valence-electron chi connectivity index (χ2n) is 2.13. The van der Waals surface area contributed by atoms with Gasteiger partial charge in [0.2, 0.25) is 0 Å². The third kappa shape index (κ3) is 1.71. The lowest BCUT2D eigenvalue weighted by atomic mass is 10.1. The van der Waals surface area contributed by atoms with Crippen LogP contribution in [0.2, 0.25) is 0 Å². The van der Waals surface area contributed by atoms with Gasteiger partial charge in [-0.05, 0) is 18.6 Å². The van der Waals surface area contributed by atoms with Crippen LogP contribution in [0.3, 0.4) is 0 Å². The summed E-state index contributed by atoms with van der Waals surface area (Å²) in [5.41, 5.74) is 0.942. The van der Waals surface area contributed by atoms with E-state index in [1.165, 1.54) is 6.08 Å². The van der Waals surface area contributed by atoms with Gasteiger partial charge in [0.25, 0.3) is 0 Å². The molecule has 1 rings (SSSR count). The van der Waals surface area contributed by atoms with Gasteiger partial charge < -0.3 is 4.42 Å². The second-order valence-corrected chi connectivity index (χ2v) is 2.13. The summed E-state index contributed by atoms with van der Waals surface area (Å²) in [7, 11) is 0. The first-order valence-electron chi connectivity index (χ1n) is 3.51. The van der Waals surface area contributed by atoms with Crippen molar-refractivity contribution in [3.8, 4) is 6.07 Å². The molecule has 0 aromatic carbocycles. The van der Waals surface area contributed by atoms with Crippen molar-refractivity contribution in [2.75, 3.05) is 0 Å². The van der Waals surface area contributed by atoms with Crippen LogP contribution in [-0.4, -0.2) is 0 Å². The second kappa shape index (κ2) is 3.62. The smallest absolute Gasteiger partial charge is 0.130 e. The molecule has 0 aliphatic rings. The van der Waals surface area contributed by atoms with E-state index in [-0.39, 0.29) is 0 Å². The van der Waals surface area contributed by atoms with Gasteiger partial charge in [0, 0.05) is 11.6 Å². The molecule has 0 unspecified atom stereocenters. The molecule has 0 amide bonds. The molecule has 0 bridgehead atoms. The first-order valence-corrected chi connectivity index (χ1v) is 3.51. The molecule has 0 atom stereocenters. The van der Waals surface area contributed by atoms with E-state index in [0.717, 1.165) is 17.8 Å². The molecule has 0 aliphatic heterocycles. The first kappa shape index (κ1) is 7.62. The topological polar surface area (TPSA) is 36.9 Å². The minimum Gasteiger partial charge on any atom is -0.465 e. The molecular formula is C9H9NO. The van der Waals surface area contributed by atoms with Crippen molar-refractivity contribution in [2.45, 2.75) is 13.3 Å². The van der Waals surface area contributed by atoms with Gasteiger partial charge in [0.1, 0.15) is 5.76 Å². The molecule has 0 N–H and O–H groups in total. The van der Waals surface area contributed by atoms with Gasteiger partial charge in [-0.25, -0.2) is 0 Å². The van der Waals surface area contributed by atoms with E-state index in [4.69, 9.17) is 9.68 Å². The Hall–Kier alpha value is -1.49. The number of nitriles is 1. The standard InChI is InChI=1S/C9H9NO/c1-2-8(5-6-10)9-4-3-7-11-9/h3-5,7H,2H2,1H3. The molecule has 0 saturated carbocycles. The summed E-state index contributed by atoms with van der Waals surface area (Å²) in [4.78, 5) is 0. The Kier molecular flexibility index (Phi) is 2.51. The third-order valence-electron chi connectivity index (χ3n) is 1.46. The van der Waals surface area contributed by atoms with E-state index < -0.39 is 0 Å². The van der Waals surface area contributed by atoms with Crippen LogP contribution in [0.25, 0.3) is 5.57 Å². The Labute approximate surface area is 65.8 Å². The van der Waals surface area contributed by atoms with Crippen molar-refractivity contribution in [1.29, 1.82) is 5.26 Å². The van der Waals surface area contributed by atoms with E-state index in [9.17, 15) is 0 Å². The molecule has 0 saturated heterocycles. The van der Waals surface area contributed by atoms with Crippen molar-refractivity contribution in [3.05, 3.63) is 30.2 Å². The highest BCUT2D eigenvalue weighted by atomic mass is 16.3. The third-order valence-corrected chi connectivity index (χ3v) is 1.46. The van der Waals surface area contributed by atoms with Gasteiger partial charge in [-0.3, -0.25) is 0 Å². The Morgan fingerprint density at radius 3 is 3.09 bits per heavy atom. The molecule has 56 valence electrons. The minimum absolute atomic E-state index is 0.786. The van der Waals surface area contributed by atoms with E-state index in [2.05, 4.69) is 0 Å². The fraction of sp³-hybridized carbons (Fsp3) is 0.222. The summed E-state index contributed by atoms with van der Waals surface area (Å²) in [5, 5.41) is 8.40. The highest BCUT2D eigenvalue weighted by molar-refractivity contribution is 5.63. The fourth-order valence-electron chi connectivity index (χ4n) is 0.887. The molecule has 0 radical (unpaired) electrons. The molecule has 0 spiro atoms. The number of furan rings is 1. The van der Waals surface area contributed by atoms with Crippen molar-refractivity contribution in [2.24, 2.45) is 0 Å². The van der Waals surface area contributed by atoms with Crippen LogP contribution in [0.4, 0.5) is 0 Å². The predicted molar refractivity (Wildman–Crippen MR) is 42.6 cm³/mol. The summed E-state index contributed by atoms with van der Waals surface area (Å²) in [6.07, 6.45) is 3.94. The zero-order valence-corrected chi connectivity index (χ0v) is 6.37. The Morgan fingerprint density at radius 1 is 1.82 bits per heavy atom. The van der Waals surface area contributed by atoms with E-state index >= 15 is 0 Å². The monoisotopic (exact) mass is 147 g/mol. The van der Waals surface area contributed by atoms with Crippen molar-refractivity contribution in [1.82, 2.24) is 0 Å². The maximum absolute atomic E-state index is 8.40. The quantitative estimate of drug-likeness (QED) is 0.603. The van der Waals surface area contributed by atoms with E-state index in [1.54, 1.807) is 6.26 Å². The molecule has 1 aromatic rings. The summed E-state index contributed by atoms with van der Waals surface area (Å²) in [6.45, 7) is 1.99. The van der Waals surface area contributed by atoms with Gasteiger partial charge in [0.05, 0.1) is 12.3 Å².